The molecule has 0 aliphatic rings. The predicted molar refractivity (Wildman–Crippen MR) is 339 cm³/mol. The predicted octanol–water partition coefficient (Wildman–Crippen LogP) is 21.9. The van der Waals surface area contributed by atoms with E-state index in [9.17, 15) is 14.4 Å². The summed E-state index contributed by atoms with van der Waals surface area (Å²) in [5.41, 5.74) is 0. The van der Waals surface area contributed by atoms with Gasteiger partial charge >= 0.3 is 17.9 Å². The van der Waals surface area contributed by atoms with Gasteiger partial charge in [-0.15, -0.1) is 0 Å². The zero-order valence-corrected chi connectivity index (χ0v) is 50.4. The van der Waals surface area contributed by atoms with Crippen molar-refractivity contribution in [2.45, 2.75) is 277 Å². The maximum atomic E-state index is 12.9. The molecule has 0 fully saturated rings. The highest BCUT2D eigenvalue weighted by atomic mass is 16.6. The molecule has 0 aliphatic carbocycles. The standard InChI is InChI=1S/C72H116O6/c1-4-7-10-13-16-19-22-25-28-30-31-32-33-34-35-36-37-38-39-40-41-43-44-47-50-53-56-59-62-65-71(74)77-68-69(67-76-70(73)64-61-58-55-52-49-46-27-24-21-18-15-12-9-6-3)78-72(75)66-63-60-57-54-51-48-45-42-29-26-23-20-17-14-11-8-5-2/h7-8,10-11,16-17,19-20,25-26,28-29,31-32,34-35,37-38,40-41,44,47,53,56,69H,4-6,9,12-15,18,21-24,27,30,33,36,39,42-43,45-46,48-52,54-55,57-68H2,1-3H3/b10-7-,11-8-,19-16-,20-17-,28-25-,29-26-,32-31-,35-34-,38-37-,41-40-,47-44-,56-53-. The molecule has 78 heavy (non-hydrogen) atoms. The first kappa shape index (κ1) is 73.3. The largest absolute Gasteiger partial charge is 0.462 e. The normalized spacial score (nSPS) is 13.1. The fourth-order valence-corrected chi connectivity index (χ4v) is 8.40. The molecule has 0 spiro atoms. The molecule has 6 heteroatoms. The summed E-state index contributed by atoms with van der Waals surface area (Å²) in [7, 11) is 0. The molecule has 0 aromatic rings. The van der Waals surface area contributed by atoms with Crippen LogP contribution in [0.5, 0.6) is 0 Å². The van der Waals surface area contributed by atoms with Gasteiger partial charge in [-0.1, -0.05) is 282 Å². The minimum Gasteiger partial charge on any atom is -0.462 e. The summed E-state index contributed by atoms with van der Waals surface area (Å²) in [5, 5.41) is 0. The van der Waals surface area contributed by atoms with Crippen LogP contribution in [0.15, 0.2) is 146 Å². The average molecular weight is 1080 g/mol. The zero-order valence-electron chi connectivity index (χ0n) is 50.4. The lowest BCUT2D eigenvalue weighted by molar-refractivity contribution is -0.167. The van der Waals surface area contributed by atoms with Gasteiger partial charge in [-0.2, -0.15) is 0 Å². The maximum absolute atomic E-state index is 12.9. The topological polar surface area (TPSA) is 78.9 Å². The van der Waals surface area contributed by atoms with E-state index in [1.54, 1.807) is 0 Å². The van der Waals surface area contributed by atoms with Crippen molar-refractivity contribution in [2.75, 3.05) is 13.2 Å². The Morgan fingerprint density at radius 3 is 0.833 bits per heavy atom. The van der Waals surface area contributed by atoms with Crippen molar-refractivity contribution in [3.63, 3.8) is 0 Å². The lowest BCUT2D eigenvalue weighted by Crippen LogP contribution is -2.30. The van der Waals surface area contributed by atoms with Crippen molar-refractivity contribution in [1.29, 1.82) is 0 Å². The molecule has 0 radical (unpaired) electrons. The molecule has 0 amide bonds. The van der Waals surface area contributed by atoms with Gasteiger partial charge in [0.25, 0.3) is 0 Å². The van der Waals surface area contributed by atoms with Crippen LogP contribution in [0.25, 0.3) is 0 Å². The van der Waals surface area contributed by atoms with E-state index in [1.807, 2.05) is 0 Å². The number of hydrogen-bond acceptors (Lipinski definition) is 6. The van der Waals surface area contributed by atoms with E-state index in [2.05, 4.69) is 167 Å². The van der Waals surface area contributed by atoms with E-state index in [4.69, 9.17) is 14.2 Å². The molecule has 0 heterocycles. The Hall–Kier alpha value is -4.71. The van der Waals surface area contributed by atoms with Gasteiger partial charge in [-0.3, -0.25) is 14.4 Å². The summed E-state index contributed by atoms with van der Waals surface area (Å²) in [6.45, 7) is 6.37. The highest BCUT2D eigenvalue weighted by molar-refractivity contribution is 5.71. The Balaban J connectivity index is 4.46. The summed E-state index contributed by atoms with van der Waals surface area (Å²) in [4.78, 5) is 38.3. The van der Waals surface area contributed by atoms with E-state index in [1.165, 1.54) is 96.3 Å². The van der Waals surface area contributed by atoms with Crippen molar-refractivity contribution in [3.05, 3.63) is 146 Å². The number of rotatable bonds is 56. The van der Waals surface area contributed by atoms with Crippen LogP contribution in [-0.2, 0) is 28.6 Å². The zero-order chi connectivity index (χ0) is 56.4. The van der Waals surface area contributed by atoms with Gasteiger partial charge in [-0.05, 0) is 116 Å². The Morgan fingerprint density at radius 2 is 0.513 bits per heavy atom. The number of unbranched alkanes of at least 4 members (excludes halogenated alkanes) is 21. The average Bonchev–Trinajstić information content (AvgIpc) is 3.44. The van der Waals surface area contributed by atoms with Crippen LogP contribution in [0.2, 0.25) is 0 Å². The Bertz CT molecular complexity index is 1710. The van der Waals surface area contributed by atoms with E-state index < -0.39 is 6.10 Å². The van der Waals surface area contributed by atoms with Crippen molar-refractivity contribution >= 4 is 17.9 Å². The summed E-state index contributed by atoms with van der Waals surface area (Å²) in [5.74, 6) is -0.974. The molecule has 0 rings (SSSR count). The second-order valence-corrected chi connectivity index (χ2v) is 20.6. The summed E-state index contributed by atoms with van der Waals surface area (Å²) < 4.78 is 16.9. The Labute approximate surface area is 480 Å². The molecule has 1 atom stereocenters. The van der Waals surface area contributed by atoms with Gasteiger partial charge in [0.1, 0.15) is 13.2 Å². The minimum absolute atomic E-state index is 0.103. The molecule has 0 aromatic heterocycles. The van der Waals surface area contributed by atoms with Crippen LogP contribution in [0.4, 0.5) is 0 Å². The van der Waals surface area contributed by atoms with Crippen LogP contribution in [-0.4, -0.2) is 37.2 Å². The third kappa shape index (κ3) is 62.1. The first-order chi connectivity index (χ1) is 38.5. The van der Waals surface area contributed by atoms with Crippen LogP contribution in [0.3, 0.4) is 0 Å². The van der Waals surface area contributed by atoms with Gasteiger partial charge in [0.2, 0.25) is 0 Å². The second-order valence-electron chi connectivity index (χ2n) is 20.6. The lowest BCUT2D eigenvalue weighted by atomic mass is 10.0. The minimum atomic E-state index is -0.812. The molecule has 0 saturated carbocycles. The molecular weight excluding hydrogens is 961 g/mol. The second kappa shape index (κ2) is 64.8. The van der Waals surface area contributed by atoms with Crippen LogP contribution in [0.1, 0.15) is 271 Å². The molecule has 6 nitrogen and oxygen atoms in total. The van der Waals surface area contributed by atoms with E-state index in [0.717, 1.165) is 128 Å². The molecule has 440 valence electrons. The molecule has 0 saturated heterocycles. The molecule has 1 unspecified atom stereocenters. The number of ether oxygens (including phenoxy) is 3. The maximum Gasteiger partial charge on any atom is 0.306 e. The van der Waals surface area contributed by atoms with E-state index >= 15 is 0 Å². The van der Waals surface area contributed by atoms with Gasteiger partial charge in [0.15, 0.2) is 6.10 Å². The van der Waals surface area contributed by atoms with Crippen molar-refractivity contribution < 1.29 is 28.6 Å². The molecule has 0 N–H and O–H groups in total. The van der Waals surface area contributed by atoms with Gasteiger partial charge in [0, 0.05) is 19.3 Å². The van der Waals surface area contributed by atoms with E-state index in [-0.39, 0.29) is 37.5 Å². The van der Waals surface area contributed by atoms with E-state index in [0.29, 0.717) is 19.3 Å². The lowest BCUT2D eigenvalue weighted by Gasteiger charge is -2.18. The number of esters is 3. The number of carbonyl (C=O) groups excluding carboxylic acids is 3. The molecule has 0 aliphatic heterocycles. The Kier molecular flexibility index (Phi) is 60.9. The third-order valence-electron chi connectivity index (χ3n) is 13.1. The number of carbonyl (C=O) groups is 3. The highest BCUT2D eigenvalue weighted by Gasteiger charge is 2.19. The molecule has 0 bridgehead atoms. The first-order valence-electron chi connectivity index (χ1n) is 31.8. The van der Waals surface area contributed by atoms with Gasteiger partial charge in [0.05, 0.1) is 0 Å². The summed E-state index contributed by atoms with van der Waals surface area (Å²) in [6, 6.07) is 0. The third-order valence-corrected chi connectivity index (χ3v) is 13.1. The summed E-state index contributed by atoms with van der Waals surface area (Å²) >= 11 is 0. The number of hydrogen-bond donors (Lipinski definition) is 0. The molecule has 0 aromatic carbocycles. The smallest absolute Gasteiger partial charge is 0.306 e. The quantitative estimate of drug-likeness (QED) is 0.0261. The van der Waals surface area contributed by atoms with Crippen molar-refractivity contribution in [2.24, 2.45) is 0 Å². The molecular formula is C72H116O6. The monoisotopic (exact) mass is 1080 g/mol. The fourth-order valence-electron chi connectivity index (χ4n) is 8.40. The van der Waals surface area contributed by atoms with Gasteiger partial charge in [-0.25, -0.2) is 0 Å². The van der Waals surface area contributed by atoms with Crippen molar-refractivity contribution in [1.82, 2.24) is 0 Å². The Morgan fingerprint density at radius 1 is 0.269 bits per heavy atom. The SMILES string of the molecule is CC/C=C\C/C=C\C/C=C\C/C=C\C/C=C\C/C=C\C/C=C\C/C=C\C/C=C\CCCC(=O)OCC(COC(=O)CCCCCCCCCCCCCCCC)OC(=O)CCCCCCCCC/C=C\C/C=C\C/C=C\CC. The van der Waals surface area contributed by atoms with Crippen LogP contribution >= 0.6 is 0 Å². The highest BCUT2D eigenvalue weighted by Crippen LogP contribution is 2.15. The van der Waals surface area contributed by atoms with Crippen molar-refractivity contribution in [3.8, 4) is 0 Å². The number of allylic oxidation sites excluding steroid dienone is 24. The first-order valence-corrected chi connectivity index (χ1v) is 31.8. The van der Waals surface area contributed by atoms with Crippen LogP contribution < -0.4 is 0 Å². The fraction of sp³-hybridized carbons (Fsp3) is 0.625. The van der Waals surface area contributed by atoms with Crippen LogP contribution in [0, 0.1) is 0 Å². The van der Waals surface area contributed by atoms with Gasteiger partial charge < -0.3 is 14.2 Å². The summed E-state index contributed by atoms with van der Waals surface area (Å²) in [6.07, 6.45) is 92.8.